The molecule has 0 bridgehead atoms. The van der Waals surface area contributed by atoms with Gasteiger partial charge in [-0.05, 0) is 49.1 Å². The van der Waals surface area contributed by atoms with Gasteiger partial charge in [0.2, 0.25) is 41.4 Å². The molecule has 0 aliphatic carbocycles. The van der Waals surface area contributed by atoms with Crippen molar-refractivity contribution in [3.8, 4) is 0 Å². The van der Waals surface area contributed by atoms with Crippen molar-refractivity contribution in [1.82, 2.24) is 37.2 Å². The van der Waals surface area contributed by atoms with Crippen LogP contribution in [-0.2, 0) is 60.8 Å². The third kappa shape index (κ3) is 20.4. The van der Waals surface area contributed by atoms with E-state index in [9.17, 15) is 58.2 Å². The number of carboxylic acid groups (broad SMARTS) is 3. The number of carbonyl (C=O) groups excluding carboxylic acids is 7. The maximum Gasteiger partial charge on any atom is 0.326 e. The standard InChI is InChI=1S/C45H65N9O13/c1-24(2)20-31(51-44(65)37(25(3)4)54-39(60)29(47)16-18-35(55)56)41(62)50-32(21-27-12-8-6-9-13-27)42(63)53-34(23-46)43(64)48-26(5)38(59)49-30(17-19-36(57)58)40(61)52-33(45(66)67)22-28-14-10-7-11-15-28/h6-15,24-26,29-34,37H,16-23,46-47H2,1-5H3,(H,48,64)(H,49,59)(H,50,62)(H,51,65)(H,52,61)(H,53,63)(H,54,60)(H,55,56)(H,57,58)(H,66,67)/t26-,29-,30-,31-,32-,33-,34-,37-/m0/s1. The van der Waals surface area contributed by atoms with E-state index in [1.54, 1.807) is 88.4 Å². The molecule has 2 aromatic carbocycles. The highest BCUT2D eigenvalue weighted by Crippen LogP contribution is 2.12. The summed E-state index contributed by atoms with van der Waals surface area (Å²) in [6, 6.07) is 6.10. The molecule has 0 aromatic heterocycles. The van der Waals surface area contributed by atoms with Crippen molar-refractivity contribution >= 4 is 59.3 Å². The van der Waals surface area contributed by atoms with E-state index in [-0.39, 0.29) is 38.0 Å². The van der Waals surface area contributed by atoms with E-state index in [1.807, 2.05) is 0 Å². The molecule has 22 heteroatoms. The lowest BCUT2D eigenvalue weighted by Gasteiger charge is -2.28. The number of nitrogens with one attached hydrogen (secondary N) is 7. The SMILES string of the molecule is CC(C)C[C@H](NC(=O)[C@@H](NC(=O)[C@@H](N)CCC(=O)O)C(C)C)C(=O)N[C@@H](Cc1ccccc1)C(=O)N[C@@H](CN)C(=O)N[C@@H](C)C(=O)N[C@@H](CCC(=O)O)C(=O)N[C@@H](Cc1ccccc1)C(=O)O. The second kappa shape index (κ2) is 28.2. The second-order valence-corrected chi connectivity index (χ2v) is 16.8. The summed E-state index contributed by atoms with van der Waals surface area (Å²) in [5, 5.41) is 45.5. The number of hydrogen-bond acceptors (Lipinski definition) is 12. The quantitative estimate of drug-likeness (QED) is 0.0451. The zero-order valence-corrected chi connectivity index (χ0v) is 38.3. The average Bonchev–Trinajstić information content (AvgIpc) is 3.26. The number of aliphatic carboxylic acids is 3. The lowest BCUT2D eigenvalue weighted by molar-refractivity contribution is -0.143. The molecule has 22 nitrogen and oxygen atoms in total. The number of hydrogen-bond donors (Lipinski definition) is 12. The summed E-state index contributed by atoms with van der Waals surface area (Å²) in [4.78, 5) is 129. The van der Waals surface area contributed by atoms with E-state index < -0.39 is 133 Å². The molecular weight excluding hydrogens is 875 g/mol. The number of rotatable bonds is 29. The second-order valence-electron chi connectivity index (χ2n) is 16.8. The van der Waals surface area contributed by atoms with Gasteiger partial charge >= 0.3 is 17.9 Å². The molecule has 0 radical (unpaired) electrons. The molecule has 0 aliphatic rings. The minimum atomic E-state index is -1.53. The summed E-state index contributed by atoms with van der Waals surface area (Å²) < 4.78 is 0. The Bertz CT molecular complexity index is 2020. The monoisotopic (exact) mass is 939 g/mol. The van der Waals surface area contributed by atoms with Gasteiger partial charge in [-0.15, -0.1) is 0 Å². The van der Waals surface area contributed by atoms with Crippen LogP contribution in [0.1, 0.15) is 77.8 Å². The molecule has 2 rings (SSSR count). The first-order valence-corrected chi connectivity index (χ1v) is 21.8. The van der Waals surface area contributed by atoms with E-state index in [0.717, 1.165) is 0 Å². The van der Waals surface area contributed by atoms with Crippen molar-refractivity contribution in [3.63, 3.8) is 0 Å². The first-order valence-electron chi connectivity index (χ1n) is 21.8. The van der Waals surface area contributed by atoms with Crippen molar-refractivity contribution in [2.24, 2.45) is 23.3 Å². The molecule has 0 heterocycles. The van der Waals surface area contributed by atoms with Crippen LogP contribution in [0.15, 0.2) is 60.7 Å². The Balaban J connectivity index is 2.25. The molecular formula is C45H65N9O13. The van der Waals surface area contributed by atoms with Crippen molar-refractivity contribution in [3.05, 3.63) is 71.8 Å². The molecule has 2 aromatic rings. The lowest BCUT2D eigenvalue weighted by atomic mass is 9.98. The molecule has 0 fully saturated rings. The van der Waals surface area contributed by atoms with Crippen LogP contribution in [0.25, 0.3) is 0 Å². The topological polar surface area (TPSA) is 368 Å². The molecule has 8 atom stereocenters. The Morgan fingerprint density at radius 3 is 1.42 bits per heavy atom. The molecule has 0 saturated carbocycles. The summed E-state index contributed by atoms with van der Waals surface area (Å²) in [7, 11) is 0. The third-order valence-corrected chi connectivity index (χ3v) is 10.3. The maximum absolute atomic E-state index is 14.0. The molecule has 0 unspecified atom stereocenters. The van der Waals surface area contributed by atoms with Gasteiger partial charge < -0.3 is 64.0 Å². The Morgan fingerprint density at radius 1 is 0.493 bits per heavy atom. The molecule has 0 saturated heterocycles. The summed E-state index contributed by atoms with van der Waals surface area (Å²) in [6.07, 6.45) is -1.67. The predicted octanol–water partition coefficient (Wildman–Crippen LogP) is -1.31. The van der Waals surface area contributed by atoms with E-state index in [4.69, 9.17) is 16.6 Å². The number of carboxylic acids is 3. The summed E-state index contributed by atoms with van der Waals surface area (Å²) in [6.45, 7) is 7.63. The molecule has 14 N–H and O–H groups in total. The van der Waals surface area contributed by atoms with E-state index in [1.165, 1.54) is 6.92 Å². The Hall–Kier alpha value is -6.94. The number of carbonyl (C=O) groups is 10. The van der Waals surface area contributed by atoms with Crippen LogP contribution >= 0.6 is 0 Å². The first-order chi connectivity index (χ1) is 31.5. The largest absolute Gasteiger partial charge is 0.481 e. The number of benzene rings is 2. The minimum Gasteiger partial charge on any atom is -0.481 e. The van der Waals surface area contributed by atoms with Gasteiger partial charge in [0.25, 0.3) is 0 Å². The van der Waals surface area contributed by atoms with Crippen LogP contribution in [-0.4, -0.2) is 129 Å². The van der Waals surface area contributed by atoms with Gasteiger partial charge in [0.1, 0.15) is 42.3 Å². The fourth-order valence-corrected chi connectivity index (χ4v) is 6.54. The van der Waals surface area contributed by atoms with Gasteiger partial charge in [-0.1, -0.05) is 88.4 Å². The summed E-state index contributed by atoms with van der Waals surface area (Å²) >= 11 is 0. The average molecular weight is 940 g/mol. The highest BCUT2D eigenvalue weighted by atomic mass is 16.4. The smallest absolute Gasteiger partial charge is 0.326 e. The van der Waals surface area contributed by atoms with Crippen LogP contribution in [0.4, 0.5) is 0 Å². The van der Waals surface area contributed by atoms with Crippen LogP contribution in [0.5, 0.6) is 0 Å². The normalized spacial score (nSPS) is 14.6. The first kappa shape index (κ1) is 56.2. The van der Waals surface area contributed by atoms with Crippen LogP contribution in [0.2, 0.25) is 0 Å². The third-order valence-electron chi connectivity index (χ3n) is 10.3. The zero-order chi connectivity index (χ0) is 50.4. The van der Waals surface area contributed by atoms with Crippen LogP contribution in [0.3, 0.4) is 0 Å². The Labute approximate surface area is 388 Å². The predicted molar refractivity (Wildman–Crippen MR) is 242 cm³/mol. The van der Waals surface area contributed by atoms with Gasteiger partial charge in [0, 0.05) is 32.2 Å². The van der Waals surface area contributed by atoms with Gasteiger partial charge in [0.05, 0.1) is 6.04 Å². The molecule has 368 valence electrons. The molecule has 7 amide bonds. The van der Waals surface area contributed by atoms with E-state index in [0.29, 0.717) is 11.1 Å². The van der Waals surface area contributed by atoms with Gasteiger partial charge in [-0.25, -0.2) is 4.79 Å². The van der Waals surface area contributed by atoms with Gasteiger partial charge in [0.15, 0.2) is 0 Å². The Kier molecular flexibility index (Phi) is 23.6. The summed E-state index contributed by atoms with van der Waals surface area (Å²) in [5.74, 6) is -10.5. The van der Waals surface area contributed by atoms with Crippen molar-refractivity contribution < 1.29 is 63.3 Å². The fraction of sp³-hybridized carbons (Fsp3) is 0.511. The highest BCUT2D eigenvalue weighted by Gasteiger charge is 2.34. The number of nitrogens with two attached hydrogens (primary N) is 2. The summed E-state index contributed by atoms with van der Waals surface area (Å²) in [5.41, 5.74) is 13.0. The fourth-order valence-electron chi connectivity index (χ4n) is 6.54. The van der Waals surface area contributed by atoms with Crippen LogP contribution < -0.4 is 48.7 Å². The molecule has 67 heavy (non-hydrogen) atoms. The van der Waals surface area contributed by atoms with Crippen molar-refractivity contribution in [1.29, 1.82) is 0 Å². The zero-order valence-electron chi connectivity index (χ0n) is 38.3. The van der Waals surface area contributed by atoms with Crippen LogP contribution in [0, 0.1) is 11.8 Å². The number of amides is 7. The maximum atomic E-state index is 14.0. The van der Waals surface area contributed by atoms with E-state index >= 15 is 0 Å². The molecule has 0 spiro atoms. The minimum absolute atomic E-state index is 0.0918. The van der Waals surface area contributed by atoms with Gasteiger partial charge in [-0.3, -0.25) is 43.2 Å². The van der Waals surface area contributed by atoms with E-state index in [2.05, 4.69) is 37.2 Å². The van der Waals surface area contributed by atoms with Gasteiger partial charge in [-0.2, -0.15) is 0 Å². The molecule has 0 aliphatic heterocycles. The Morgan fingerprint density at radius 2 is 0.925 bits per heavy atom. The highest BCUT2D eigenvalue weighted by molar-refractivity contribution is 5.98. The van der Waals surface area contributed by atoms with Crippen molar-refractivity contribution in [2.45, 2.75) is 128 Å². The van der Waals surface area contributed by atoms with Crippen molar-refractivity contribution in [2.75, 3.05) is 6.54 Å². The lowest BCUT2D eigenvalue weighted by Crippen LogP contribution is -2.61.